The van der Waals surface area contributed by atoms with Crippen molar-refractivity contribution < 1.29 is 19.8 Å². The molecule has 0 aliphatic heterocycles. The van der Waals surface area contributed by atoms with Crippen molar-refractivity contribution in [2.24, 2.45) is 5.16 Å². The van der Waals surface area contributed by atoms with Crippen LogP contribution in [0.4, 0.5) is 0 Å². The first kappa shape index (κ1) is 15.3. The topological polar surface area (TPSA) is 71.3 Å². The van der Waals surface area contributed by atoms with Crippen molar-refractivity contribution in [1.82, 2.24) is 0 Å². The lowest BCUT2D eigenvalue weighted by Gasteiger charge is -2.11. The molecule has 0 heterocycles. The predicted octanol–water partition coefficient (Wildman–Crippen LogP) is 2.43. The number of nitrogens with zero attached hydrogens (tertiary/aromatic N) is 1. The molecule has 0 saturated carbocycles. The molecule has 0 saturated heterocycles. The molecule has 5 heteroatoms. The van der Waals surface area contributed by atoms with Crippen LogP contribution in [0.5, 0.6) is 11.5 Å². The summed E-state index contributed by atoms with van der Waals surface area (Å²) in [6.45, 7) is 2.52. The van der Waals surface area contributed by atoms with Crippen LogP contribution < -0.4 is 9.47 Å². The molecule has 1 rings (SSSR count). The zero-order valence-electron chi connectivity index (χ0n) is 11.4. The van der Waals surface area contributed by atoms with Gasteiger partial charge in [-0.05, 0) is 44.4 Å². The van der Waals surface area contributed by atoms with Crippen LogP contribution in [-0.2, 0) is 0 Å². The molecule has 0 aromatic heterocycles. The Hall–Kier alpha value is -1.75. The fourth-order valence-electron chi connectivity index (χ4n) is 1.64. The van der Waals surface area contributed by atoms with Gasteiger partial charge in [-0.2, -0.15) is 0 Å². The van der Waals surface area contributed by atoms with Crippen molar-refractivity contribution in [2.45, 2.75) is 26.2 Å². The molecule has 0 aliphatic carbocycles. The number of rotatable bonds is 8. The average molecular weight is 267 g/mol. The quantitative estimate of drug-likeness (QED) is 0.328. The van der Waals surface area contributed by atoms with Crippen molar-refractivity contribution in [1.29, 1.82) is 0 Å². The van der Waals surface area contributed by atoms with Gasteiger partial charge in [-0.15, -0.1) is 0 Å². The monoisotopic (exact) mass is 267 g/mol. The highest BCUT2D eigenvalue weighted by Crippen LogP contribution is 2.28. The standard InChI is InChI=1S/C14H21NO4/c1-11(15-17)12-6-7-13(14(10-12)18-2)19-9-5-3-4-8-16/h6-7,10,16-17H,3-5,8-9H2,1-2H3. The number of aliphatic hydroxyl groups is 1. The summed E-state index contributed by atoms with van der Waals surface area (Å²) >= 11 is 0. The highest BCUT2D eigenvalue weighted by Gasteiger charge is 2.07. The molecular weight excluding hydrogens is 246 g/mol. The normalized spacial score (nSPS) is 11.4. The maximum atomic E-state index is 8.74. The number of aliphatic hydroxyl groups excluding tert-OH is 1. The Morgan fingerprint density at radius 2 is 2.00 bits per heavy atom. The SMILES string of the molecule is COc1cc(C(C)=NO)ccc1OCCCCCO. The van der Waals surface area contributed by atoms with Crippen molar-refractivity contribution in [3.05, 3.63) is 23.8 Å². The van der Waals surface area contributed by atoms with E-state index in [-0.39, 0.29) is 6.61 Å². The molecule has 0 amide bonds. The number of hydrogen-bond acceptors (Lipinski definition) is 5. The van der Waals surface area contributed by atoms with E-state index < -0.39 is 0 Å². The Morgan fingerprint density at radius 3 is 2.63 bits per heavy atom. The maximum absolute atomic E-state index is 8.74. The fraction of sp³-hybridized carbons (Fsp3) is 0.500. The molecule has 2 N–H and O–H groups in total. The van der Waals surface area contributed by atoms with E-state index in [4.69, 9.17) is 19.8 Å². The van der Waals surface area contributed by atoms with Gasteiger partial charge < -0.3 is 19.8 Å². The molecule has 19 heavy (non-hydrogen) atoms. The van der Waals surface area contributed by atoms with Crippen molar-refractivity contribution >= 4 is 5.71 Å². The molecule has 0 radical (unpaired) electrons. The van der Waals surface area contributed by atoms with Crippen molar-refractivity contribution in [3.8, 4) is 11.5 Å². The van der Waals surface area contributed by atoms with E-state index in [2.05, 4.69) is 5.16 Å². The summed E-state index contributed by atoms with van der Waals surface area (Å²) in [5.74, 6) is 1.28. The van der Waals surface area contributed by atoms with Gasteiger partial charge >= 0.3 is 0 Å². The molecule has 1 aromatic carbocycles. The minimum atomic E-state index is 0.220. The third-order valence-corrected chi connectivity index (χ3v) is 2.79. The molecule has 0 fully saturated rings. The first-order valence-electron chi connectivity index (χ1n) is 6.33. The smallest absolute Gasteiger partial charge is 0.161 e. The number of benzene rings is 1. The van der Waals surface area contributed by atoms with Crippen LogP contribution in [0.1, 0.15) is 31.7 Å². The summed E-state index contributed by atoms with van der Waals surface area (Å²) < 4.78 is 10.9. The van der Waals surface area contributed by atoms with Gasteiger partial charge in [0.25, 0.3) is 0 Å². The van der Waals surface area contributed by atoms with E-state index in [0.29, 0.717) is 23.8 Å². The van der Waals surface area contributed by atoms with Gasteiger partial charge in [0.1, 0.15) is 0 Å². The van der Waals surface area contributed by atoms with Gasteiger partial charge in [0.15, 0.2) is 11.5 Å². The second kappa shape index (κ2) is 8.37. The van der Waals surface area contributed by atoms with Crippen LogP contribution in [0.15, 0.2) is 23.4 Å². The number of methoxy groups -OCH3 is 1. The van der Waals surface area contributed by atoms with Crippen molar-refractivity contribution in [2.75, 3.05) is 20.3 Å². The Labute approximate surface area is 113 Å². The Kier molecular flexibility index (Phi) is 6.74. The molecule has 0 bridgehead atoms. The van der Waals surface area contributed by atoms with Crippen LogP contribution in [0, 0.1) is 0 Å². The van der Waals surface area contributed by atoms with E-state index in [1.165, 1.54) is 0 Å². The third kappa shape index (κ3) is 4.79. The van der Waals surface area contributed by atoms with Gasteiger partial charge in [-0.25, -0.2) is 0 Å². The first-order chi connectivity index (χ1) is 9.22. The molecule has 0 unspecified atom stereocenters. The summed E-state index contributed by atoms with van der Waals surface area (Å²) in [4.78, 5) is 0. The van der Waals surface area contributed by atoms with Gasteiger partial charge in [-0.3, -0.25) is 0 Å². The van der Waals surface area contributed by atoms with E-state index in [1.807, 2.05) is 6.07 Å². The lowest BCUT2D eigenvalue weighted by molar-refractivity contribution is 0.260. The summed E-state index contributed by atoms with van der Waals surface area (Å²) in [5.41, 5.74) is 1.31. The molecule has 1 aromatic rings. The van der Waals surface area contributed by atoms with E-state index in [9.17, 15) is 0 Å². The predicted molar refractivity (Wildman–Crippen MR) is 73.4 cm³/mol. The molecule has 0 aliphatic rings. The second-order valence-electron chi connectivity index (χ2n) is 4.18. The number of oxime groups is 1. The third-order valence-electron chi connectivity index (χ3n) is 2.79. The van der Waals surface area contributed by atoms with Gasteiger partial charge in [0.2, 0.25) is 0 Å². The minimum absolute atomic E-state index is 0.220. The van der Waals surface area contributed by atoms with E-state index >= 15 is 0 Å². The number of unbranched alkanes of at least 4 members (excludes halogenated alkanes) is 2. The molecule has 0 spiro atoms. The van der Waals surface area contributed by atoms with Crippen LogP contribution in [-0.4, -0.2) is 36.3 Å². The minimum Gasteiger partial charge on any atom is -0.493 e. The Balaban J connectivity index is 2.63. The lowest BCUT2D eigenvalue weighted by Crippen LogP contribution is -2.02. The zero-order chi connectivity index (χ0) is 14.1. The maximum Gasteiger partial charge on any atom is 0.161 e. The summed E-state index contributed by atoms with van der Waals surface area (Å²) in [5, 5.41) is 20.6. The number of ether oxygens (including phenoxy) is 2. The highest BCUT2D eigenvalue weighted by molar-refractivity contribution is 5.98. The molecule has 106 valence electrons. The summed E-state index contributed by atoms with van der Waals surface area (Å²) in [6.07, 6.45) is 2.63. The Bertz CT molecular complexity index is 418. The second-order valence-corrected chi connectivity index (χ2v) is 4.18. The van der Waals surface area contributed by atoms with Gasteiger partial charge in [-0.1, -0.05) is 5.16 Å². The van der Waals surface area contributed by atoms with Gasteiger partial charge in [0, 0.05) is 12.2 Å². The number of hydrogen-bond donors (Lipinski definition) is 2. The Morgan fingerprint density at radius 1 is 1.21 bits per heavy atom. The van der Waals surface area contributed by atoms with Crippen LogP contribution >= 0.6 is 0 Å². The average Bonchev–Trinajstić information content (AvgIpc) is 2.46. The largest absolute Gasteiger partial charge is 0.493 e. The summed E-state index contributed by atoms with van der Waals surface area (Å²) in [6, 6.07) is 5.40. The zero-order valence-corrected chi connectivity index (χ0v) is 11.4. The molecular formula is C14H21NO4. The lowest BCUT2D eigenvalue weighted by atomic mass is 10.1. The van der Waals surface area contributed by atoms with Crippen LogP contribution in [0.3, 0.4) is 0 Å². The van der Waals surface area contributed by atoms with E-state index in [0.717, 1.165) is 24.8 Å². The fourth-order valence-corrected chi connectivity index (χ4v) is 1.64. The highest BCUT2D eigenvalue weighted by atomic mass is 16.5. The van der Waals surface area contributed by atoms with Gasteiger partial charge in [0.05, 0.1) is 19.4 Å². The molecule has 5 nitrogen and oxygen atoms in total. The summed E-state index contributed by atoms with van der Waals surface area (Å²) in [7, 11) is 1.57. The van der Waals surface area contributed by atoms with E-state index in [1.54, 1.807) is 26.2 Å². The molecule has 0 atom stereocenters. The first-order valence-corrected chi connectivity index (χ1v) is 6.33. The van der Waals surface area contributed by atoms with Crippen LogP contribution in [0.25, 0.3) is 0 Å². The van der Waals surface area contributed by atoms with Crippen LogP contribution in [0.2, 0.25) is 0 Å². The van der Waals surface area contributed by atoms with Crippen molar-refractivity contribution in [3.63, 3.8) is 0 Å².